The van der Waals surface area contributed by atoms with E-state index in [-0.39, 0.29) is 12.3 Å². The van der Waals surface area contributed by atoms with Crippen LogP contribution in [0.25, 0.3) is 5.69 Å². The number of aryl methyl sites for hydroxylation is 3. The Balaban J connectivity index is 1.96. The molecule has 0 fully saturated rings. The van der Waals surface area contributed by atoms with Crippen LogP contribution in [0.15, 0.2) is 29.4 Å². The van der Waals surface area contributed by atoms with Crippen LogP contribution in [0.1, 0.15) is 40.9 Å². The van der Waals surface area contributed by atoms with Crippen LogP contribution in [0.5, 0.6) is 0 Å². The van der Waals surface area contributed by atoms with Crippen molar-refractivity contribution in [2.45, 2.75) is 40.5 Å². The summed E-state index contributed by atoms with van der Waals surface area (Å²) in [5.41, 5.74) is 9.01. The molecule has 0 aliphatic carbocycles. The molecule has 0 bridgehead atoms. The Morgan fingerprint density at radius 1 is 1.10 bits per heavy atom. The molecule has 0 saturated carbocycles. The predicted octanol–water partition coefficient (Wildman–Crippen LogP) is 2.70. The summed E-state index contributed by atoms with van der Waals surface area (Å²) in [7, 11) is 1.60. The fourth-order valence-corrected chi connectivity index (χ4v) is 3.05. The third-order valence-corrected chi connectivity index (χ3v) is 4.78. The zero-order valence-corrected chi connectivity index (χ0v) is 17.8. The molecule has 7 heteroatoms. The first-order valence-electron chi connectivity index (χ1n) is 9.67. The van der Waals surface area contributed by atoms with Gasteiger partial charge < -0.3 is 14.6 Å². The van der Waals surface area contributed by atoms with Crippen LogP contribution in [-0.2, 0) is 14.3 Å². The van der Waals surface area contributed by atoms with E-state index in [1.807, 2.05) is 19.9 Å². The number of carbonyl (C=O) groups is 2. The molecule has 2 amide bonds. The average molecular weight is 399 g/mol. The molecule has 1 aromatic carbocycles. The lowest BCUT2D eigenvalue weighted by Crippen LogP contribution is -2.30. The van der Waals surface area contributed by atoms with Crippen molar-refractivity contribution in [2.24, 2.45) is 5.10 Å². The average Bonchev–Trinajstić information content (AvgIpc) is 2.95. The summed E-state index contributed by atoms with van der Waals surface area (Å²) in [5, 5.41) is 6.68. The first-order valence-corrected chi connectivity index (χ1v) is 9.67. The van der Waals surface area contributed by atoms with Gasteiger partial charge in [-0.2, -0.15) is 5.10 Å². The highest BCUT2D eigenvalue weighted by atomic mass is 16.5. The van der Waals surface area contributed by atoms with E-state index in [2.05, 4.69) is 52.5 Å². The van der Waals surface area contributed by atoms with Gasteiger partial charge in [0, 0.05) is 42.9 Å². The van der Waals surface area contributed by atoms with Crippen molar-refractivity contribution < 1.29 is 14.3 Å². The third kappa shape index (κ3) is 6.29. The molecule has 29 heavy (non-hydrogen) atoms. The lowest BCUT2D eigenvalue weighted by Gasteiger charge is -2.11. The Bertz CT molecular complexity index is 900. The number of amides is 2. The summed E-state index contributed by atoms with van der Waals surface area (Å²) in [4.78, 5) is 23.6. The molecule has 156 valence electrons. The Morgan fingerprint density at radius 3 is 2.55 bits per heavy atom. The lowest BCUT2D eigenvalue weighted by atomic mass is 10.1. The Labute approximate surface area is 172 Å². The number of methoxy groups -OCH3 is 1. The Kier molecular flexibility index (Phi) is 8.15. The van der Waals surface area contributed by atoms with Gasteiger partial charge in [0.05, 0.1) is 6.21 Å². The lowest BCUT2D eigenvalue weighted by molar-refractivity contribution is -0.129. The van der Waals surface area contributed by atoms with E-state index in [9.17, 15) is 9.59 Å². The molecule has 0 aliphatic rings. The zero-order valence-electron chi connectivity index (χ0n) is 17.8. The van der Waals surface area contributed by atoms with Gasteiger partial charge in [0.25, 0.3) is 0 Å². The summed E-state index contributed by atoms with van der Waals surface area (Å²) < 4.78 is 7.06. The minimum absolute atomic E-state index is 0.258. The van der Waals surface area contributed by atoms with E-state index in [4.69, 9.17) is 4.74 Å². The molecule has 0 unspecified atom stereocenters. The molecule has 0 atom stereocenters. The van der Waals surface area contributed by atoms with Crippen molar-refractivity contribution in [1.82, 2.24) is 15.3 Å². The van der Waals surface area contributed by atoms with Gasteiger partial charge in [-0.15, -0.1) is 0 Å². The molecule has 2 rings (SSSR count). The van der Waals surface area contributed by atoms with E-state index in [0.717, 1.165) is 22.6 Å². The molecule has 0 radical (unpaired) electrons. The maximum absolute atomic E-state index is 11.9. The summed E-state index contributed by atoms with van der Waals surface area (Å²) in [6.45, 7) is 9.28. The summed E-state index contributed by atoms with van der Waals surface area (Å²) >= 11 is 0. The standard InChI is InChI=1S/C22H30N4O3/c1-15-7-8-20(11-16(15)2)26-17(3)12-19(18(26)4)14-24-25-22(28)13-21(27)23-9-6-10-29-5/h7-8,11-12,14H,6,9-10,13H2,1-5H3,(H,23,27)(H,25,28)/b24-14+. The normalized spacial score (nSPS) is 11.1. The van der Waals surface area contributed by atoms with Crippen LogP contribution < -0.4 is 10.7 Å². The fraction of sp³-hybridized carbons (Fsp3) is 0.409. The number of aromatic nitrogens is 1. The van der Waals surface area contributed by atoms with Gasteiger partial charge in [-0.25, -0.2) is 5.43 Å². The molecule has 0 saturated heterocycles. The first kappa shape index (κ1) is 22.4. The van der Waals surface area contributed by atoms with Crippen LogP contribution in [0.2, 0.25) is 0 Å². The van der Waals surface area contributed by atoms with E-state index < -0.39 is 5.91 Å². The van der Waals surface area contributed by atoms with Crippen molar-refractivity contribution >= 4 is 18.0 Å². The number of carbonyl (C=O) groups excluding carboxylic acids is 2. The van der Waals surface area contributed by atoms with Crippen molar-refractivity contribution in [3.63, 3.8) is 0 Å². The monoisotopic (exact) mass is 398 g/mol. The second kappa shape index (κ2) is 10.6. The maximum Gasteiger partial charge on any atom is 0.249 e. The maximum atomic E-state index is 11.9. The van der Waals surface area contributed by atoms with Crippen LogP contribution in [0.3, 0.4) is 0 Å². The predicted molar refractivity (Wildman–Crippen MR) is 115 cm³/mol. The van der Waals surface area contributed by atoms with Gasteiger partial charge in [0.2, 0.25) is 11.8 Å². The summed E-state index contributed by atoms with van der Waals surface area (Å²) in [6, 6.07) is 8.38. The van der Waals surface area contributed by atoms with Gasteiger partial charge in [-0.3, -0.25) is 9.59 Å². The summed E-state index contributed by atoms with van der Waals surface area (Å²) in [5.74, 6) is -0.782. The number of nitrogens with one attached hydrogen (secondary N) is 2. The quantitative estimate of drug-likeness (QED) is 0.295. The third-order valence-electron chi connectivity index (χ3n) is 4.78. The number of ether oxygens (including phenoxy) is 1. The minimum Gasteiger partial charge on any atom is -0.385 e. The number of hydrogen-bond acceptors (Lipinski definition) is 4. The molecule has 2 aromatic rings. The molecular formula is C22H30N4O3. The van der Waals surface area contributed by atoms with Crippen molar-refractivity contribution in [2.75, 3.05) is 20.3 Å². The van der Waals surface area contributed by atoms with Crippen LogP contribution in [0, 0.1) is 27.7 Å². The first-order chi connectivity index (χ1) is 13.8. The Morgan fingerprint density at radius 2 is 1.86 bits per heavy atom. The van der Waals surface area contributed by atoms with Crippen LogP contribution in [0.4, 0.5) is 0 Å². The minimum atomic E-state index is -0.451. The van der Waals surface area contributed by atoms with Crippen molar-refractivity contribution in [1.29, 1.82) is 0 Å². The van der Waals surface area contributed by atoms with Crippen molar-refractivity contribution in [3.05, 3.63) is 52.3 Å². The number of hydrazone groups is 1. The van der Waals surface area contributed by atoms with Gasteiger partial charge in [0.1, 0.15) is 6.42 Å². The molecule has 7 nitrogen and oxygen atoms in total. The highest BCUT2D eigenvalue weighted by molar-refractivity contribution is 5.97. The van der Waals surface area contributed by atoms with E-state index in [1.54, 1.807) is 13.3 Å². The summed E-state index contributed by atoms with van der Waals surface area (Å²) in [6.07, 6.45) is 2.05. The Hall–Kier alpha value is -2.93. The topological polar surface area (TPSA) is 84.7 Å². The SMILES string of the molecule is COCCCNC(=O)CC(=O)N/N=C/c1cc(C)n(-c2ccc(C)c(C)c2)c1C. The second-order valence-electron chi connectivity index (χ2n) is 7.10. The number of rotatable bonds is 9. The van der Waals surface area contributed by atoms with Crippen molar-refractivity contribution in [3.8, 4) is 5.69 Å². The number of hydrogen-bond donors (Lipinski definition) is 2. The van der Waals surface area contributed by atoms with Gasteiger partial charge in [-0.1, -0.05) is 6.07 Å². The highest BCUT2D eigenvalue weighted by Crippen LogP contribution is 2.21. The molecule has 0 aliphatic heterocycles. The van der Waals surface area contributed by atoms with E-state index in [1.165, 1.54) is 11.1 Å². The van der Waals surface area contributed by atoms with Gasteiger partial charge >= 0.3 is 0 Å². The van der Waals surface area contributed by atoms with E-state index >= 15 is 0 Å². The van der Waals surface area contributed by atoms with Gasteiger partial charge in [-0.05, 0) is 63.4 Å². The fourth-order valence-electron chi connectivity index (χ4n) is 3.05. The molecule has 1 heterocycles. The number of nitrogens with zero attached hydrogens (tertiary/aromatic N) is 2. The number of benzene rings is 1. The van der Waals surface area contributed by atoms with Gasteiger partial charge in [0.15, 0.2) is 0 Å². The molecule has 2 N–H and O–H groups in total. The zero-order chi connectivity index (χ0) is 21.4. The smallest absolute Gasteiger partial charge is 0.249 e. The molecular weight excluding hydrogens is 368 g/mol. The second-order valence-corrected chi connectivity index (χ2v) is 7.10. The van der Waals surface area contributed by atoms with E-state index in [0.29, 0.717) is 19.6 Å². The largest absolute Gasteiger partial charge is 0.385 e. The highest BCUT2D eigenvalue weighted by Gasteiger charge is 2.11. The van der Waals surface area contributed by atoms with Crippen LogP contribution in [-0.4, -0.2) is 42.9 Å². The van der Waals surface area contributed by atoms with Crippen LogP contribution >= 0.6 is 0 Å². The molecule has 0 spiro atoms. The molecule has 1 aromatic heterocycles.